The topological polar surface area (TPSA) is 86.7 Å². The zero-order valence-electron chi connectivity index (χ0n) is 17.0. The highest BCUT2D eigenvalue weighted by Gasteiger charge is 2.40. The second-order valence-electron chi connectivity index (χ2n) is 8.48. The standard InChI is InChI=1S/C22H22O6S2/c1-22(2)9-14-18(15(23)10-22)21(30(3,25)26)29-20(14)19(24)17-12-27-11-16(28-17)13-7-5-4-6-8-13/h4-5,7,11-12H,6,8-10H2,1-3H3. The number of rotatable bonds is 4. The van der Waals surface area contributed by atoms with Crippen LogP contribution in [-0.4, -0.2) is 26.2 Å². The summed E-state index contributed by atoms with van der Waals surface area (Å²) in [6.45, 7) is 3.87. The van der Waals surface area contributed by atoms with E-state index in [1.165, 1.54) is 12.5 Å². The largest absolute Gasteiger partial charge is 0.465 e. The van der Waals surface area contributed by atoms with Crippen molar-refractivity contribution in [2.45, 2.75) is 43.7 Å². The van der Waals surface area contributed by atoms with Gasteiger partial charge in [0.15, 0.2) is 21.4 Å². The van der Waals surface area contributed by atoms with Crippen LogP contribution in [0.5, 0.6) is 0 Å². The first-order chi connectivity index (χ1) is 14.1. The lowest BCUT2D eigenvalue weighted by Crippen LogP contribution is -2.28. The molecule has 0 amide bonds. The minimum atomic E-state index is -3.66. The van der Waals surface area contributed by atoms with Crippen LogP contribution in [0.15, 0.2) is 52.1 Å². The van der Waals surface area contributed by atoms with Gasteiger partial charge in [-0.25, -0.2) is 8.42 Å². The monoisotopic (exact) mass is 446 g/mol. The first-order valence-electron chi connectivity index (χ1n) is 9.60. The van der Waals surface area contributed by atoms with Crippen molar-refractivity contribution in [3.05, 3.63) is 63.8 Å². The van der Waals surface area contributed by atoms with Crippen molar-refractivity contribution in [1.29, 1.82) is 0 Å². The van der Waals surface area contributed by atoms with Crippen LogP contribution in [0, 0.1) is 5.41 Å². The molecule has 0 unspecified atom stereocenters. The van der Waals surface area contributed by atoms with Crippen molar-refractivity contribution >= 4 is 32.7 Å². The minimum Gasteiger partial charge on any atom is -0.465 e. The Labute approximate surface area is 179 Å². The molecule has 0 aromatic carbocycles. The Morgan fingerprint density at radius 3 is 2.63 bits per heavy atom. The molecule has 2 heterocycles. The van der Waals surface area contributed by atoms with E-state index in [9.17, 15) is 18.0 Å². The van der Waals surface area contributed by atoms with Gasteiger partial charge in [-0.2, -0.15) is 0 Å². The van der Waals surface area contributed by atoms with Crippen molar-refractivity contribution in [2.24, 2.45) is 5.41 Å². The van der Waals surface area contributed by atoms with Gasteiger partial charge in [0.05, 0.1) is 10.4 Å². The summed E-state index contributed by atoms with van der Waals surface area (Å²) >= 11 is 0.845. The molecule has 4 rings (SSSR count). The smallest absolute Gasteiger partial charge is 0.241 e. The van der Waals surface area contributed by atoms with Crippen LogP contribution in [-0.2, 0) is 25.7 Å². The second kappa shape index (κ2) is 7.35. The molecule has 0 N–H and O–H groups in total. The second-order valence-corrected chi connectivity index (χ2v) is 11.7. The maximum Gasteiger partial charge on any atom is 0.241 e. The highest BCUT2D eigenvalue weighted by Crippen LogP contribution is 2.44. The van der Waals surface area contributed by atoms with Gasteiger partial charge in [0.2, 0.25) is 11.5 Å². The molecule has 2 aliphatic carbocycles. The van der Waals surface area contributed by atoms with Gasteiger partial charge in [0.1, 0.15) is 16.7 Å². The average Bonchev–Trinajstić information content (AvgIpc) is 3.07. The number of Topliss-reactive ketones (excluding diaryl/α,β-unsaturated/α-hetero) is 2. The molecule has 8 heteroatoms. The third-order valence-electron chi connectivity index (χ3n) is 5.22. The van der Waals surface area contributed by atoms with E-state index in [2.05, 4.69) is 0 Å². The highest BCUT2D eigenvalue weighted by molar-refractivity contribution is 7.92. The predicted molar refractivity (Wildman–Crippen MR) is 113 cm³/mol. The molecule has 30 heavy (non-hydrogen) atoms. The van der Waals surface area contributed by atoms with E-state index in [1.54, 1.807) is 0 Å². The van der Waals surface area contributed by atoms with Crippen LogP contribution in [0.2, 0.25) is 0 Å². The summed E-state index contributed by atoms with van der Waals surface area (Å²) in [7, 11) is -3.66. The lowest BCUT2D eigenvalue weighted by molar-refractivity contribution is 0.0908. The van der Waals surface area contributed by atoms with Gasteiger partial charge in [0, 0.05) is 12.7 Å². The number of ketones is 2. The number of carbonyl (C=O) groups is 2. The van der Waals surface area contributed by atoms with Gasteiger partial charge in [-0.3, -0.25) is 9.59 Å². The molecule has 0 atom stereocenters. The number of ether oxygens (including phenoxy) is 2. The predicted octanol–water partition coefficient (Wildman–Crippen LogP) is 4.50. The van der Waals surface area contributed by atoms with E-state index in [0.29, 0.717) is 17.7 Å². The quantitative estimate of drug-likeness (QED) is 0.633. The molecular weight excluding hydrogens is 424 g/mol. The van der Waals surface area contributed by atoms with E-state index in [4.69, 9.17) is 9.47 Å². The average molecular weight is 447 g/mol. The van der Waals surface area contributed by atoms with Crippen molar-refractivity contribution in [3.63, 3.8) is 0 Å². The third-order valence-corrected chi connectivity index (χ3v) is 8.28. The Balaban J connectivity index is 1.73. The van der Waals surface area contributed by atoms with Crippen molar-refractivity contribution in [2.75, 3.05) is 6.26 Å². The maximum atomic E-state index is 13.3. The van der Waals surface area contributed by atoms with E-state index in [1.807, 2.05) is 32.1 Å². The Bertz CT molecular complexity index is 1170. The van der Waals surface area contributed by atoms with Crippen LogP contribution in [0.3, 0.4) is 0 Å². The lowest BCUT2D eigenvalue weighted by atomic mass is 9.74. The van der Waals surface area contributed by atoms with Gasteiger partial charge < -0.3 is 9.47 Å². The summed E-state index contributed by atoms with van der Waals surface area (Å²) in [6.07, 6.45) is 11.9. The molecule has 0 saturated heterocycles. The molecule has 1 aromatic rings. The fourth-order valence-corrected chi connectivity index (χ4v) is 6.37. The summed E-state index contributed by atoms with van der Waals surface area (Å²) in [4.78, 5) is 26.3. The number of hydrogen-bond acceptors (Lipinski definition) is 7. The molecular formula is C22H22O6S2. The first-order valence-corrected chi connectivity index (χ1v) is 12.3. The van der Waals surface area contributed by atoms with Crippen LogP contribution < -0.4 is 0 Å². The van der Waals surface area contributed by atoms with Gasteiger partial charge in [-0.05, 0) is 35.8 Å². The number of carbonyl (C=O) groups excluding carboxylic acids is 2. The molecule has 1 aromatic heterocycles. The van der Waals surface area contributed by atoms with Gasteiger partial charge in [0.25, 0.3) is 0 Å². The molecule has 0 fully saturated rings. The fraction of sp³-hybridized carbons (Fsp3) is 0.364. The minimum absolute atomic E-state index is 0.0251. The number of sulfone groups is 1. The molecule has 6 nitrogen and oxygen atoms in total. The van der Waals surface area contributed by atoms with Crippen LogP contribution in [0.4, 0.5) is 0 Å². The highest BCUT2D eigenvalue weighted by atomic mass is 32.2. The van der Waals surface area contributed by atoms with E-state index in [-0.39, 0.29) is 38.0 Å². The summed E-state index contributed by atoms with van der Waals surface area (Å²) in [6, 6.07) is 0. The Hall–Kier alpha value is -2.45. The van der Waals surface area contributed by atoms with E-state index < -0.39 is 15.6 Å². The van der Waals surface area contributed by atoms with Crippen LogP contribution in [0.25, 0.3) is 0 Å². The molecule has 158 valence electrons. The van der Waals surface area contributed by atoms with Gasteiger partial charge in [-0.1, -0.05) is 32.1 Å². The van der Waals surface area contributed by atoms with Gasteiger partial charge in [-0.15, -0.1) is 11.3 Å². The summed E-state index contributed by atoms with van der Waals surface area (Å²) in [5.74, 6) is -0.293. The van der Waals surface area contributed by atoms with Gasteiger partial charge >= 0.3 is 0 Å². The van der Waals surface area contributed by atoms with Crippen LogP contribution in [0.1, 0.15) is 58.7 Å². The summed E-state index contributed by atoms with van der Waals surface area (Å²) < 4.78 is 35.8. The summed E-state index contributed by atoms with van der Waals surface area (Å²) in [5, 5.41) is 0. The molecule has 1 aliphatic heterocycles. The number of hydrogen-bond donors (Lipinski definition) is 0. The first kappa shape index (κ1) is 20.8. The van der Waals surface area contributed by atoms with E-state index in [0.717, 1.165) is 36.0 Å². The molecule has 3 aliphatic rings. The van der Waals surface area contributed by atoms with Crippen molar-refractivity contribution in [1.82, 2.24) is 0 Å². The normalized spacial score (nSPS) is 20.4. The van der Waals surface area contributed by atoms with Crippen molar-refractivity contribution < 1.29 is 27.5 Å². The Kier molecular flexibility index (Phi) is 5.10. The Morgan fingerprint density at radius 1 is 1.20 bits per heavy atom. The molecule has 0 radical (unpaired) electrons. The zero-order valence-corrected chi connectivity index (χ0v) is 18.6. The Morgan fingerprint density at radius 2 is 1.97 bits per heavy atom. The molecule has 0 spiro atoms. The fourth-order valence-electron chi connectivity index (χ4n) is 3.89. The summed E-state index contributed by atoms with van der Waals surface area (Å²) in [5.41, 5.74) is 1.21. The molecule has 0 bridgehead atoms. The third kappa shape index (κ3) is 3.81. The number of thiophene rings is 1. The lowest BCUT2D eigenvalue weighted by Gasteiger charge is -2.29. The zero-order chi connectivity index (χ0) is 21.7. The van der Waals surface area contributed by atoms with Crippen molar-refractivity contribution in [3.8, 4) is 0 Å². The maximum absolute atomic E-state index is 13.3. The molecule has 0 saturated carbocycles. The van der Waals surface area contributed by atoms with E-state index >= 15 is 0 Å². The SMILES string of the molecule is CC1(C)CC(=O)c2c(S(C)(=O)=O)sc(C(=O)C3=COC=C(C4=CC=CCC4)O3)c2C1. The number of fused-ring (bicyclic) bond motifs is 1. The van der Waals surface area contributed by atoms with Crippen LogP contribution >= 0.6 is 11.3 Å². The number of allylic oxidation sites excluding steroid dienone is 5.